The minimum absolute atomic E-state index is 0.791. The van der Waals surface area contributed by atoms with Gasteiger partial charge in [-0.05, 0) is 11.1 Å². The van der Waals surface area contributed by atoms with Crippen molar-refractivity contribution >= 4 is 0 Å². The zero-order valence-corrected chi connectivity index (χ0v) is 5.18. The molecular weight excluding hydrogens is 114 g/mol. The molecule has 48 valence electrons. The van der Waals surface area contributed by atoms with Crippen LogP contribution in [0.25, 0.3) is 0 Å². The molecule has 2 aliphatic rings. The van der Waals surface area contributed by atoms with Crippen molar-refractivity contribution in [3.8, 4) is 0 Å². The van der Waals surface area contributed by atoms with E-state index in [4.69, 9.17) is 4.74 Å². The molecule has 1 N–H and O–H groups in total. The topological polar surface area (TPSA) is 21.3 Å². The standard InChI is InChI=1S/C7H9NO/c1-2-8-3-7-5-9-4-6(1)7/h1,3,8H,2,4-5H2. The molecule has 2 heteroatoms. The number of hydrogen-bond donors (Lipinski definition) is 1. The monoisotopic (exact) mass is 123 g/mol. The van der Waals surface area contributed by atoms with Crippen molar-refractivity contribution in [3.05, 3.63) is 23.4 Å². The van der Waals surface area contributed by atoms with E-state index in [1.165, 1.54) is 11.1 Å². The molecule has 2 rings (SSSR count). The predicted octanol–water partition coefficient (Wildman–Crippen LogP) is 0.430. The molecule has 2 nitrogen and oxygen atoms in total. The van der Waals surface area contributed by atoms with Gasteiger partial charge in [-0.15, -0.1) is 0 Å². The van der Waals surface area contributed by atoms with Crippen molar-refractivity contribution in [3.63, 3.8) is 0 Å². The zero-order chi connectivity index (χ0) is 6.10. The first-order chi connectivity index (χ1) is 4.47. The van der Waals surface area contributed by atoms with Crippen LogP contribution in [0.15, 0.2) is 23.4 Å². The Kier molecular flexibility index (Phi) is 1.06. The summed E-state index contributed by atoms with van der Waals surface area (Å²) in [5.74, 6) is 0. The van der Waals surface area contributed by atoms with Gasteiger partial charge in [-0.25, -0.2) is 0 Å². The Labute approximate surface area is 54.2 Å². The van der Waals surface area contributed by atoms with E-state index in [1.54, 1.807) is 0 Å². The van der Waals surface area contributed by atoms with Crippen LogP contribution >= 0.6 is 0 Å². The van der Waals surface area contributed by atoms with Crippen LogP contribution in [-0.2, 0) is 4.74 Å². The lowest BCUT2D eigenvalue weighted by molar-refractivity contribution is 0.215. The van der Waals surface area contributed by atoms with E-state index in [-0.39, 0.29) is 0 Å². The molecule has 2 aliphatic heterocycles. The largest absolute Gasteiger partial charge is 0.387 e. The Balaban J connectivity index is 2.30. The first-order valence-corrected chi connectivity index (χ1v) is 3.16. The lowest BCUT2D eigenvalue weighted by Crippen LogP contribution is -2.11. The summed E-state index contributed by atoms with van der Waals surface area (Å²) in [6, 6.07) is 0. The molecule has 0 atom stereocenters. The van der Waals surface area contributed by atoms with Gasteiger partial charge in [0.15, 0.2) is 0 Å². The number of dihydropyridines is 1. The molecule has 1 saturated heterocycles. The Morgan fingerprint density at radius 1 is 1.33 bits per heavy atom. The highest BCUT2D eigenvalue weighted by molar-refractivity contribution is 5.36. The SMILES string of the molecule is C1=C2COCC2=CNC1. The van der Waals surface area contributed by atoms with Crippen LogP contribution in [0, 0.1) is 0 Å². The molecule has 2 heterocycles. The fourth-order valence-corrected chi connectivity index (χ4v) is 1.14. The number of ether oxygens (including phenoxy) is 1. The van der Waals surface area contributed by atoms with E-state index in [0.717, 1.165) is 19.8 Å². The summed E-state index contributed by atoms with van der Waals surface area (Å²) in [6.45, 7) is 2.56. The molecule has 0 amide bonds. The van der Waals surface area contributed by atoms with Crippen LogP contribution in [-0.4, -0.2) is 19.8 Å². The van der Waals surface area contributed by atoms with Gasteiger partial charge in [0, 0.05) is 12.7 Å². The normalized spacial score (nSPS) is 24.0. The Morgan fingerprint density at radius 2 is 2.22 bits per heavy atom. The van der Waals surface area contributed by atoms with Crippen molar-refractivity contribution in [2.45, 2.75) is 0 Å². The van der Waals surface area contributed by atoms with Crippen LogP contribution in [0.5, 0.6) is 0 Å². The van der Waals surface area contributed by atoms with E-state index < -0.39 is 0 Å². The van der Waals surface area contributed by atoms with Crippen LogP contribution < -0.4 is 5.32 Å². The number of hydrogen-bond acceptors (Lipinski definition) is 2. The van der Waals surface area contributed by atoms with Gasteiger partial charge in [0.1, 0.15) is 0 Å². The second-order valence-corrected chi connectivity index (χ2v) is 2.30. The first-order valence-electron chi connectivity index (χ1n) is 3.16. The number of fused-ring (bicyclic) bond motifs is 1. The number of nitrogens with one attached hydrogen (secondary N) is 1. The van der Waals surface area contributed by atoms with Crippen molar-refractivity contribution in [1.29, 1.82) is 0 Å². The van der Waals surface area contributed by atoms with Gasteiger partial charge in [-0.1, -0.05) is 6.08 Å². The van der Waals surface area contributed by atoms with Gasteiger partial charge in [-0.2, -0.15) is 0 Å². The van der Waals surface area contributed by atoms with E-state index in [1.807, 2.05) is 6.20 Å². The summed E-state index contributed by atoms with van der Waals surface area (Å²) >= 11 is 0. The van der Waals surface area contributed by atoms with Crippen LogP contribution in [0.2, 0.25) is 0 Å². The second kappa shape index (κ2) is 1.88. The first kappa shape index (κ1) is 5.06. The van der Waals surface area contributed by atoms with E-state index in [0.29, 0.717) is 0 Å². The van der Waals surface area contributed by atoms with Crippen LogP contribution in [0.4, 0.5) is 0 Å². The van der Waals surface area contributed by atoms with Crippen molar-refractivity contribution in [1.82, 2.24) is 5.32 Å². The maximum Gasteiger partial charge on any atom is 0.0738 e. The lowest BCUT2D eigenvalue weighted by atomic mass is 10.1. The molecule has 0 bridgehead atoms. The van der Waals surface area contributed by atoms with Crippen molar-refractivity contribution in [2.75, 3.05) is 19.8 Å². The second-order valence-electron chi connectivity index (χ2n) is 2.30. The summed E-state index contributed by atoms with van der Waals surface area (Å²) in [6.07, 6.45) is 4.23. The molecule has 0 aromatic heterocycles. The average Bonchev–Trinajstić information content (AvgIpc) is 2.33. The summed E-state index contributed by atoms with van der Waals surface area (Å²) in [4.78, 5) is 0. The Morgan fingerprint density at radius 3 is 3.11 bits per heavy atom. The molecule has 0 spiro atoms. The van der Waals surface area contributed by atoms with Gasteiger partial charge in [0.2, 0.25) is 0 Å². The Bertz CT molecular complexity index is 161. The van der Waals surface area contributed by atoms with E-state index in [9.17, 15) is 0 Å². The highest BCUT2D eigenvalue weighted by Gasteiger charge is 2.14. The molecule has 0 aromatic carbocycles. The minimum atomic E-state index is 0.791. The highest BCUT2D eigenvalue weighted by atomic mass is 16.5. The minimum Gasteiger partial charge on any atom is -0.387 e. The van der Waals surface area contributed by atoms with Gasteiger partial charge >= 0.3 is 0 Å². The molecule has 9 heavy (non-hydrogen) atoms. The average molecular weight is 123 g/mol. The molecule has 0 radical (unpaired) electrons. The fourth-order valence-electron chi connectivity index (χ4n) is 1.14. The summed E-state index contributed by atoms with van der Waals surface area (Å²) in [5, 5.41) is 3.14. The summed E-state index contributed by atoms with van der Waals surface area (Å²) in [7, 11) is 0. The third-order valence-corrected chi connectivity index (χ3v) is 1.67. The fraction of sp³-hybridized carbons (Fsp3) is 0.429. The van der Waals surface area contributed by atoms with Crippen molar-refractivity contribution < 1.29 is 4.74 Å². The maximum absolute atomic E-state index is 5.21. The van der Waals surface area contributed by atoms with Crippen molar-refractivity contribution in [2.24, 2.45) is 0 Å². The van der Waals surface area contributed by atoms with E-state index >= 15 is 0 Å². The summed E-state index contributed by atoms with van der Waals surface area (Å²) < 4.78 is 5.21. The van der Waals surface area contributed by atoms with Gasteiger partial charge in [0.25, 0.3) is 0 Å². The smallest absolute Gasteiger partial charge is 0.0738 e. The van der Waals surface area contributed by atoms with Crippen LogP contribution in [0.3, 0.4) is 0 Å². The third kappa shape index (κ3) is 0.754. The maximum atomic E-state index is 5.21. The highest BCUT2D eigenvalue weighted by Crippen LogP contribution is 2.18. The molecule has 0 aliphatic carbocycles. The molecule has 0 unspecified atom stereocenters. The number of rotatable bonds is 0. The molecular formula is C7H9NO. The molecule has 0 aromatic rings. The predicted molar refractivity (Wildman–Crippen MR) is 35.0 cm³/mol. The van der Waals surface area contributed by atoms with Gasteiger partial charge < -0.3 is 10.1 Å². The molecule has 1 fully saturated rings. The zero-order valence-electron chi connectivity index (χ0n) is 5.18. The quantitative estimate of drug-likeness (QED) is 0.504. The summed E-state index contributed by atoms with van der Waals surface area (Å²) in [5.41, 5.74) is 2.69. The Hall–Kier alpha value is -0.760. The lowest BCUT2D eigenvalue weighted by Gasteiger charge is -2.05. The molecule has 0 saturated carbocycles. The van der Waals surface area contributed by atoms with Gasteiger partial charge in [0.05, 0.1) is 13.2 Å². The van der Waals surface area contributed by atoms with Crippen LogP contribution in [0.1, 0.15) is 0 Å². The third-order valence-electron chi connectivity index (χ3n) is 1.67. The van der Waals surface area contributed by atoms with Gasteiger partial charge in [-0.3, -0.25) is 0 Å². The van der Waals surface area contributed by atoms with E-state index in [2.05, 4.69) is 11.4 Å².